The second-order valence-corrected chi connectivity index (χ2v) is 3.88. The Labute approximate surface area is 130 Å². The standard InChI is InChI=1S/C13H15N3O2.2ClH/c14-13(17)2-1-9-18-12-5-3-11(4-6-12)16-8-7-15-10-16;;/h3-8,10H,1-2,9H2,(H2,14,17);2*1H. The zero-order valence-corrected chi connectivity index (χ0v) is 12.4. The van der Waals surface area contributed by atoms with Gasteiger partial charge in [-0.25, -0.2) is 4.98 Å². The first-order chi connectivity index (χ1) is 8.75. The van der Waals surface area contributed by atoms with Crippen molar-refractivity contribution in [2.75, 3.05) is 6.61 Å². The molecule has 7 heteroatoms. The van der Waals surface area contributed by atoms with E-state index in [0.717, 1.165) is 11.4 Å². The van der Waals surface area contributed by atoms with Crippen LogP contribution in [0.15, 0.2) is 43.0 Å². The zero-order valence-electron chi connectivity index (χ0n) is 10.8. The van der Waals surface area contributed by atoms with Crippen molar-refractivity contribution in [1.29, 1.82) is 0 Å². The fourth-order valence-electron chi connectivity index (χ4n) is 1.56. The van der Waals surface area contributed by atoms with Crippen molar-refractivity contribution in [3.63, 3.8) is 0 Å². The summed E-state index contributed by atoms with van der Waals surface area (Å²) < 4.78 is 7.41. The molecule has 0 bridgehead atoms. The summed E-state index contributed by atoms with van der Waals surface area (Å²) >= 11 is 0. The first-order valence-electron chi connectivity index (χ1n) is 5.75. The highest BCUT2D eigenvalue weighted by Gasteiger charge is 1.98. The topological polar surface area (TPSA) is 70.1 Å². The highest BCUT2D eigenvalue weighted by atomic mass is 35.5. The van der Waals surface area contributed by atoms with Crippen LogP contribution in [0.5, 0.6) is 5.75 Å². The molecule has 0 atom stereocenters. The number of benzene rings is 1. The van der Waals surface area contributed by atoms with E-state index in [2.05, 4.69) is 4.98 Å². The van der Waals surface area contributed by atoms with E-state index in [-0.39, 0.29) is 30.7 Å². The number of hydrogen-bond acceptors (Lipinski definition) is 3. The molecule has 0 aliphatic heterocycles. The Morgan fingerprint density at radius 2 is 1.95 bits per heavy atom. The van der Waals surface area contributed by atoms with E-state index in [0.29, 0.717) is 19.4 Å². The van der Waals surface area contributed by atoms with Crippen LogP contribution in [0.4, 0.5) is 0 Å². The lowest BCUT2D eigenvalue weighted by molar-refractivity contribution is -0.118. The summed E-state index contributed by atoms with van der Waals surface area (Å²) in [5, 5.41) is 0. The summed E-state index contributed by atoms with van der Waals surface area (Å²) in [5.41, 5.74) is 6.07. The first-order valence-corrected chi connectivity index (χ1v) is 5.75. The van der Waals surface area contributed by atoms with Gasteiger partial charge in [0.1, 0.15) is 5.75 Å². The van der Waals surface area contributed by atoms with Crippen LogP contribution < -0.4 is 10.5 Å². The molecule has 0 saturated heterocycles. The van der Waals surface area contributed by atoms with Gasteiger partial charge < -0.3 is 15.0 Å². The molecule has 0 fully saturated rings. The molecule has 2 rings (SSSR count). The van der Waals surface area contributed by atoms with Crippen LogP contribution in [0.25, 0.3) is 5.69 Å². The molecule has 110 valence electrons. The molecule has 0 aliphatic carbocycles. The summed E-state index contributed by atoms with van der Waals surface area (Å²) in [5.74, 6) is 0.484. The van der Waals surface area contributed by atoms with Crippen LogP contribution in [-0.4, -0.2) is 22.1 Å². The quantitative estimate of drug-likeness (QED) is 0.831. The minimum absolute atomic E-state index is 0. The van der Waals surface area contributed by atoms with Gasteiger partial charge in [-0.05, 0) is 30.7 Å². The molecule has 20 heavy (non-hydrogen) atoms. The molecular formula is C13H17Cl2N3O2. The largest absolute Gasteiger partial charge is 0.494 e. The van der Waals surface area contributed by atoms with Crippen LogP contribution >= 0.6 is 24.8 Å². The van der Waals surface area contributed by atoms with E-state index in [9.17, 15) is 4.79 Å². The third kappa shape index (κ3) is 5.50. The van der Waals surface area contributed by atoms with Crippen LogP contribution in [-0.2, 0) is 4.79 Å². The second kappa shape index (κ2) is 9.23. The predicted molar refractivity (Wildman–Crippen MR) is 82.0 cm³/mol. The maximum atomic E-state index is 10.5. The van der Waals surface area contributed by atoms with Crippen LogP contribution in [0.3, 0.4) is 0 Å². The monoisotopic (exact) mass is 317 g/mol. The van der Waals surface area contributed by atoms with Crippen molar-refractivity contribution in [3.8, 4) is 11.4 Å². The molecule has 2 aromatic rings. The Kier molecular flexibility index (Phi) is 8.43. The number of primary amides is 1. The lowest BCUT2D eigenvalue weighted by Crippen LogP contribution is -2.11. The number of nitrogens with two attached hydrogens (primary N) is 1. The second-order valence-electron chi connectivity index (χ2n) is 3.88. The normalized spacial score (nSPS) is 9.20. The molecule has 1 amide bonds. The van der Waals surface area contributed by atoms with Crippen molar-refractivity contribution >= 4 is 30.7 Å². The Balaban J connectivity index is 0.00000180. The number of carbonyl (C=O) groups excluding carboxylic acids is 1. The summed E-state index contributed by atoms with van der Waals surface area (Å²) in [7, 11) is 0. The summed E-state index contributed by atoms with van der Waals surface area (Å²) in [6.45, 7) is 0.493. The summed E-state index contributed by atoms with van der Waals surface area (Å²) in [6, 6.07) is 7.68. The van der Waals surface area contributed by atoms with E-state index in [1.54, 1.807) is 12.5 Å². The minimum atomic E-state index is -0.297. The van der Waals surface area contributed by atoms with Crippen LogP contribution in [0.2, 0.25) is 0 Å². The van der Waals surface area contributed by atoms with Crippen molar-refractivity contribution in [2.45, 2.75) is 12.8 Å². The van der Waals surface area contributed by atoms with E-state index < -0.39 is 0 Å². The Hall–Kier alpha value is -1.72. The number of carbonyl (C=O) groups is 1. The van der Waals surface area contributed by atoms with E-state index in [1.165, 1.54) is 0 Å². The van der Waals surface area contributed by atoms with Gasteiger partial charge in [0.15, 0.2) is 0 Å². The van der Waals surface area contributed by atoms with Crippen molar-refractivity contribution < 1.29 is 9.53 Å². The van der Waals surface area contributed by atoms with Gasteiger partial charge in [0.05, 0.1) is 12.9 Å². The third-order valence-electron chi connectivity index (χ3n) is 2.48. The first kappa shape index (κ1) is 18.3. The summed E-state index contributed by atoms with van der Waals surface area (Å²) in [4.78, 5) is 14.5. The van der Waals surface area contributed by atoms with Crippen molar-refractivity contribution in [2.24, 2.45) is 5.73 Å². The van der Waals surface area contributed by atoms with Crippen LogP contribution in [0, 0.1) is 0 Å². The molecule has 0 aliphatic rings. The third-order valence-corrected chi connectivity index (χ3v) is 2.48. The number of nitrogens with zero attached hydrogens (tertiary/aromatic N) is 2. The van der Waals surface area contributed by atoms with Gasteiger partial charge in [0, 0.05) is 24.5 Å². The Morgan fingerprint density at radius 3 is 2.50 bits per heavy atom. The lowest BCUT2D eigenvalue weighted by Gasteiger charge is -2.07. The number of halogens is 2. The fraction of sp³-hybridized carbons (Fsp3) is 0.231. The van der Waals surface area contributed by atoms with Gasteiger partial charge in [0.25, 0.3) is 0 Å². The molecule has 1 heterocycles. The average Bonchev–Trinajstić information content (AvgIpc) is 2.89. The zero-order chi connectivity index (χ0) is 12.8. The van der Waals surface area contributed by atoms with Crippen molar-refractivity contribution in [1.82, 2.24) is 9.55 Å². The molecule has 1 aromatic heterocycles. The highest BCUT2D eigenvalue weighted by molar-refractivity contribution is 5.85. The molecule has 0 radical (unpaired) electrons. The molecule has 0 unspecified atom stereocenters. The number of hydrogen-bond donors (Lipinski definition) is 1. The number of ether oxygens (including phenoxy) is 1. The maximum absolute atomic E-state index is 10.5. The van der Waals surface area contributed by atoms with Gasteiger partial charge in [-0.3, -0.25) is 4.79 Å². The fourth-order valence-corrected chi connectivity index (χ4v) is 1.56. The SMILES string of the molecule is Cl.Cl.NC(=O)CCCOc1ccc(-n2ccnc2)cc1. The smallest absolute Gasteiger partial charge is 0.217 e. The molecule has 5 nitrogen and oxygen atoms in total. The van der Waals surface area contributed by atoms with E-state index >= 15 is 0 Å². The van der Waals surface area contributed by atoms with Gasteiger partial charge in [0.2, 0.25) is 5.91 Å². The molecule has 2 N–H and O–H groups in total. The molecule has 0 spiro atoms. The number of rotatable bonds is 6. The van der Waals surface area contributed by atoms with E-state index in [4.69, 9.17) is 10.5 Å². The Morgan fingerprint density at radius 1 is 1.25 bits per heavy atom. The highest BCUT2D eigenvalue weighted by Crippen LogP contribution is 2.15. The lowest BCUT2D eigenvalue weighted by atomic mass is 10.3. The number of amides is 1. The molecular weight excluding hydrogens is 301 g/mol. The van der Waals surface area contributed by atoms with Gasteiger partial charge >= 0.3 is 0 Å². The molecule has 1 aromatic carbocycles. The number of imidazole rings is 1. The van der Waals surface area contributed by atoms with Crippen LogP contribution in [0.1, 0.15) is 12.8 Å². The van der Waals surface area contributed by atoms with Gasteiger partial charge in [-0.2, -0.15) is 0 Å². The predicted octanol–water partition coefficient (Wildman–Crippen LogP) is 2.36. The maximum Gasteiger partial charge on any atom is 0.217 e. The minimum Gasteiger partial charge on any atom is -0.494 e. The number of aromatic nitrogens is 2. The average molecular weight is 318 g/mol. The summed E-state index contributed by atoms with van der Waals surface area (Å²) in [6.07, 6.45) is 6.34. The van der Waals surface area contributed by atoms with E-state index in [1.807, 2.05) is 35.0 Å². The Bertz CT molecular complexity index is 501. The van der Waals surface area contributed by atoms with Gasteiger partial charge in [-0.1, -0.05) is 0 Å². The molecule has 0 saturated carbocycles. The van der Waals surface area contributed by atoms with Gasteiger partial charge in [-0.15, -0.1) is 24.8 Å². The van der Waals surface area contributed by atoms with Crippen molar-refractivity contribution in [3.05, 3.63) is 43.0 Å².